The topological polar surface area (TPSA) is 37.4 Å². The average Bonchev–Trinajstić information content (AvgIpc) is 2.71. The minimum Gasteiger partial charge on any atom is -0.274 e. The van der Waals surface area contributed by atoms with Gasteiger partial charge in [-0.2, -0.15) is 13.2 Å². The molecule has 0 bridgehead atoms. The standard InChI is InChI=1S/C15H13ClF3NO2/c16-12-6-5-8(7-11(12)15(17,18)19)20-13(21)9-3-1-2-4-10(9)14(20)22/h5-7,9-10H,1-4H2. The Hall–Kier alpha value is -1.56. The first-order valence-electron chi connectivity index (χ1n) is 7.05. The molecule has 1 heterocycles. The molecule has 1 aromatic carbocycles. The Morgan fingerprint density at radius 2 is 1.59 bits per heavy atom. The first-order chi connectivity index (χ1) is 10.3. The first-order valence-corrected chi connectivity index (χ1v) is 7.43. The van der Waals surface area contributed by atoms with Gasteiger partial charge in [0, 0.05) is 0 Å². The summed E-state index contributed by atoms with van der Waals surface area (Å²) in [6, 6.07) is 3.13. The van der Waals surface area contributed by atoms with E-state index in [4.69, 9.17) is 11.6 Å². The summed E-state index contributed by atoms with van der Waals surface area (Å²) in [4.78, 5) is 25.7. The molecule has 1 aliphatic heterocycles. The lowest BCUT2D eigenvalue weighted by molar-refractivity contribution is -0.137. The molecule has 1 aliphatic carbocycles. The summed E-state index contributed by atoms with van der Waals surface area (Å²) >= 11 is 5.57. The van der Waals surface area contributed by atoms with E-state index in [0.717, 1.165) is 29.9 Å². The lowest BCUT2D eigenvalue weighted by Gasteiger charge is -2.19. The maximum absolute atomic E-state index is 12.9. The Morgan fingerprint density at radius 3 is 2.09 bits per heavy atom. The minimum atomic E-state index is -4.63. The number of nitrogens with zero attached hydrogens (tertiary/aromatic N) is 1. The van der Waals surface area contributed by atoms with Crippen LogP contribution < -0.4 is 4.90 Å². The molecular weight excluding hydrogens is 319 g/mol. The van der Waals surface area contributed by atoms with Gasteiger partial charge in [0.25, 0.3) is 0 Å². The first kappa shape index (κ1) is 15.3. The summed E-state index contributed by atoms with van der Waals surface area (Å²) in [5.41, 5.74) is -1.09. The van der Waals surface area contributed by atoms with Crippen molar-refractivity contribution in [2.45, 2.75) is 31.9 Å². The van der Waals surface area contributed by atoms with Gasteiger partial charge in [0.2, 0.25) is 11.8 Å². The molecular formula is C15H13ClF3NO2. The van der Waals surface area contributed by atoms with Crippen molar-refractivity contribution in [2.75, 3.05) is 4.90 Å². The smallest absolute Gasteiger partial charge is 0.274 e. The Kier molecular flexibility index (Phi) is 3.67. The second kappa shape index (κ2) is 5.26. The van der Waals surface area contributed by atoms with Crippen LogP contribution in [0.25, 0.3) is 0 Å². The van der Waals surface area contributed by atoms with E-state index in [-0.39, 0.29) is 5.69 Å². The molecule has 1 saturated heterocycles. The molecule has 7 heteroatoms. The summed E-state index contributed by atoms with van der Waals surface area (Å²) in [7, 11) is 0. The average molecular weight is 332 g/mol. The number of rotatable bonds is 1. The van der Waals surface area contributed by atoms with E-state index in [2.05, 4.69) is 0 Å². The van der Waals surface area contributed by atoms with Gasteiger partial charge in [-0.1, -0.05) is 24.4 Å². The molecule has 3 rings (SSSR count). The highest BCUT2D eigenvalue weighted by molar-refractivity contribution is 6.31. The van der Waals surface area contributed by atoms with Gasteiger partial charge >= 0.3 is 6.18 Å². The van der Waals surface area contributed by atoms with Crippen molar-refractivity contribution in [3.8, 4) is 0 Å². The number of alkyl halides is 3. The molecule has 3 nitrogen and oxygen atoms in total. The number of fused-ring (bicyclic) bond motifs is 1. The number of carbonyl (C=O) groups excluding carboxylic acids is 2. The van der Waals surface area contributed by atoms with Gasteiger partial charge in [-0.3, -0.25) is 14.5 Å². The van der Waals surface area contributed by atoms with Crippen LogP contribution in [0.3, 0.4) is 0 Å². The fourth-order valence-electron chi connectivity index (χ4n) is 3.29. The second-order valence-electron chi connectivity index (χ2n) is 5.67. The predicted octanol–water partition coefficient (Wildman–Crippen LogP) is 4.04. The SMILES string of the molecule is O=C1C2CCCCC2C(=O)N1c1ccc(Cl)c(C(F)(F)F)c1. The predicted molar refractivity (Wildman–Crippen MR) is 74.4 cm³/mol. The number of hydrogen-bond donors (Lipinski definition) is 0. The van der Waals surface area contributed by atoms with Crippen molar-refractivity contribution in [1.29, 1.82) is 0 Å². The third kappa shape index (κ3) is 2.39. The largest absolute Gasteiger partial charge is 0.417 e. The van der Waals surface area contributed by atoms with Gasteiger partial charge in [0.05, 0.1) is 28.1 Å². The Labute approximate surface area is 130 Å². The Bertz CT molecular complexity index is 620. The van der Waals surface area contributed by atoms with Crippen molar-refractivity contribution in [1.82, 2.24) is 0 Å². The number of anilines is 1. The number of hydrogen-bond acceptors (Lipinski definition) is 2. The van der Waals surface area contributed by atoms with E-state index >= 15 is 0 Å². The lowest BCUT2D eigenvalue weighted by atomic mass is 9.81. The highest BCUT2D eigenvalue weighted by atomic mass is 35.5. The molecule has 118 valence electrons. The zero-order valence-corrected chi connectivity index (χ0v) is 12.2. The molecule has 1 saturated carbocycles. The van der Waals surface area contributed by atoms with Gasteiger partial charge in [-0.25, -0.2) is 0 Å². The molecule has 22 heavy (non-hydrogen) atoms. The molecule has 0 N–H and O–H groups in total. The molecule has 2 unspecified atom stereocenters. The van der Waals surface area contributed by atoms with Crippen LogP contribution in [0.15, 0.2) is 18.2 Å². The molecule has 2 aliphatic rings. The maximum atomic E-state index is 12.9. The zero-order valence-electron chi connectivity index (χ0n) is 11.5. The molecule has 2 fully saturated rings. The van der Waals surface area contributed by atoms with Crippen LogP contribution in [0.2, 0.25) is 5.02 Å². The summed E-state index contributed by atoms with van der Waals surface area (Å²) in [6.45, 7) is 0. The van der Waals surface area contributed by atoms with Crippen molar-refractivity contribution in [2.24, 2.45) is 11.8 Å². The number of benzene rings is 1. The molecule has 0 spiro atoms. The highest BCUT2D eigenvalue weighted by Gasteiger charge is 2.49. The van der Waals surface area contributed by atoms with Gasteiger partial charge < -0.3 is 0 Å². The third-order valence-electron chi connectivity index (χ3n) is 4.35. The summed E-state index contributed by atoms with van der Waals surface area (Å²) in [6.07, 6.45) is -1.67. The quantitative estimate of drug-likeness (QED) is 0.728. The Morgan fingerprint density at radius 1 is 1.05 bits per heavy atom. The Balaban J connectivity index is 2.01. The number of carbonyl (C=O) groups is 2. The molecule has 2 amide bonds. The van der Waals surface area contributed by atoms with Crippen LogP contribution in [-0.4, -0.2) is 11.8 Å². The van der Waals surface area contributed by atoms with E-state index in [0.29, 0.717) is 12.8 Å². The summed E-state index contributed by atoms with van der Waals surface area (Å²) in [5, 5.41) is -0.451. The molecule has 0 radical (unpaired) electrons. The van der Waals surface area contributed by atoms with Crippen molar-refractivity contribution < 1.29 is 22.8 Å². The fourth-order valence-corrected chi connectivity index (χ4v) is 3.51. The van der Waals surface area contributed by atoms with Crippen LogP contribution in [-0.2, 0) is 15.8 Å². The van der Waals surface area contributed by atoms with E-state index < -0.39 is 40.4 Å². The van der Waals surface area contributed by atoms with Crippen molar-refractivity contribution in [3.63, 3.8) is 0 Å². The minimum absolute atomic E-state index is 0.0545. The van der Waals surface area contributed by atoms with E-state index in [1.54, 1.807) is 0 Å². The zero-order chi connectivity index (χ0) is 16.1. The van der Waals surface area contributed by atoms with E-state index in [1.165, 1.54) is 6.07 Å². The third-order valence-corrected chi connectivity index (χ3v) is 4.68. The van der Waals surface area contributed by atoms with Crippen LogP contribution in [0.1, 0.15) is 31.2 Å². The van der Waals surface area contributed by atoms with Crippen LogP contribution in [0, 0.1) is 11.8 Å². The van der Waals surface area contributed by atoms with Gasteiger partial charge in [-0.05, 0) is 31.0 Å². The molecule has 0 aromatic heterocycles. The van der Waals surface area contributed by atoms with E-state index in [9.17, 15) is 22.8 Å². The van der Waals surface area contributed by atoms with Crippen molar-refractivity contribution in [3.05, 3.63) is 28.8 Å². The summed E-state index contributed by atoms with van der Waals surface area (Å²) in [5.74, 6) is -1.59. The van der Waals surface area contributed by atoms with Gasteiger partial charge in [-0.15, -0.1) is 0 Å². The van der Waals surface area contributed by atoms with E-state index in [1.807, 2.05) is 0 Å². The summed E-state index contributed by atoms with van der Waals surface area (Å²) < 4.78 is 38.8. The van der Waals surface area contributed by atoms with Crippen LogP contribution in [0.5, 0.6) is 0 Å². The van der Waals surface area contributed by atoms with Crippen LogP contribution in [0.4, 0.5) is 18.9 Å². The van der Waals surface area contributed by atoms with Gasteiger partial charge in [0.15, 0.2) is 0 Å². The highest BCUT2D eigenvalue weighted by Crippen LogP contribution is 2.42. The lowest BCUT2D eigenvalue weighted by Crippen LogP contribution is -2.31. The maximum Gasteiger partial charge on any atom is 0.417 e. The van der Waals surface area contributed by atoms with Gasteiger partial charge in [0.1, 0.15) is 0 Å². The monoisotopic (exact) mass is 331 g/mol. The normalized spacial score (nSPS) is 25.5. The number of amides is 2. The molecule has 2 atom stereocenters. The van der Waals surface area contributed by atoms with Crippen LogP contribution >= 0.6 is 11.6 Å². The van der Waals surface area contributed by atoms with Crippen molar-refractivity contribution >= 4 is 29.1 Å². The number of halogens is 4. The number of imide groups is 1. The molecule has 1 aromatic rings. The second-order valence-corrected chi connectivity index (χ2v) is 6.08. The fraction of sp³-hybridized carbons (Fsp3) is 0.467.